The molecule has 3 nitrogen and oxygen atoms in total. The van der Waals surface area contributed by atoms with Crippen molar-refractivity contribution in [2.24, 2.45) is 23.2 Å². The van der Waals surface area contributed by atoms with Crippen LogP contribution in [0.3, 0.4) is 0 Å². The second-order valence-corrected chi connectivity index (χ2v) is 7.29. The third-order valence-corrected chi connectivity index (χ3v) is 5.93. The fraction of sp³-hybridized carbons (Fsp3) is 0.812. The van der Waals surface area contributed by atoms with Crippen LogP contribution in [0.2, 0.25) is 0 Å². The minimum Gasteiger partial charge on any atom is -0.478 e. The van der Waals surface area contributed by atoms with Crippen molar-refractivity contribution in [1.82, 2.24) is 5.32 Å². The molecule has 4 rings (SSSR count). The molecule has 1 unspecified atom stereocenters. The normalized spacial score (nSPS) is 41.2. The maximum absolute atomic E-state index is 10.8. The predicted octanol–water partition coefficient (Wildman–Crippen LogP) is 2.82. The van der Waals surface area contributed by atoms with Crippen LogP contribution in [0.4, 0.5) is 0 Å². The standard InChI is InChI=1S/C16H25NO2/c1-10(15(18)19)9-17-11(2)16-6-12-3-13(7-16)5-14(4-12)8-16/h11-14,17H,1,3-9H2,2H3,(H,18,19). The van der Waals surface area contributed by atoms with Gasteiger partial charge in [-0.15, -0.1) is 0 Å². The molecule has 0 saturated heterocycles. The molecule has 4 aliphatic carbocycles. The Bertz CT molecular complexity index is 366. The summed E-state index contributed by atoms with van der Waals surface area (Å²) in [5, 5.41) is 12.3. The number of aliphatic carboxylic acids is 1. The molecule has 4 aliphatic rings. The highest BCUT2D eigenvalue weighted by Crippen LogP contribution is 2.61. The van der Waals surface area contributed by atoms with Crippen LogP contribution in [0.1, 0.15) is 45.4 Å². The van der Waals surface area contributed by atoms with Crippen LogP contribution in [0.25, 0.3) is 0 Å². The fourth-order valence-corrected chi connectivity index (χ4v) is 5.28. The first-order chi connectivity index (χ1) is 8.98. The van der Waals surface area contributed by atoms with Crippen LogP contribution in [0.5, 0.6) is 0 Å². The average Bonchev–Trinajstić information content (AvgIpc) is 2.33. The first-order valence-corrected chi connectivity index (χ1v) is 7.63. The summed E-state index contributed by atoms with van der Waals surface area (Å²) in [5.74, 6) is 1.94. The second kappa shape index (κ2) is 4.62. The molecule has 0 amide bonds. The Morgan fingerprint density at radius 3 is 2.16 bits per heavy atom. The monoisotopic (exact) mass is 263 g/mol. The second-order valence-electron chi connectivity index (χ2n) is 7.29. The Hall–Kier alpha value is -0.830. The minimum absolute atomic E-state index is 0.275. The number of rotatable bonds is 5. The van der Waals surface area contributed by atoms with Gasteiger partial charge in [0, 0.05) is 18.2 Å². The molecule has 4 saturated carbocycles. The van der Waals surface area contributed by atoms with E-state index in [1.165, 1.54) is 38.5 Å². The van der Waals surface area contributed by atoms with Crippen LogP contribution in [-0.2, 0) is 4.79 Å². The van der Waals surface area contributed by atoms with E-state index in [1.807, 2.05) is 0 Å². The molecule has 4 bridgehead atoms. The zero-order valence-electron chi connectivity index (χ0n) is 11.8. The van der Waals surface area contributed by atoms with Crippen molar-refractivity contribution < 1.29 is 9.90 Å². The predicted molar refractivity (Wildman–Crippen MR) is 74.8 cm³/mol. The lowest BCUT2D eigenvalue weighted by molar-refractivity contribution is -0.132. The number of hydrogen-bond donors (Lipinski definition) is 2. The van der Waals surface area contributed by atoms with Gasteiger partial charge in [-0.2, -0.15) is 0 Å². The van der Waals surface area contributed by atoms with Gasteiger partial charge < -0.3 is 10.4 Å². The van der Waals surface area contributed by atoms with Crippen LogP contribution in [-0.4, -0.2) is 23.7 Å². The van der Waals surface area contributed by atoms with Gasteiger partial charge in [-0.3, -0.25) is 0 Å². The molecule has 0 aromatic heterocycles. The first-order valence-electron chi connectivity index (χ1n) is 7.63. The lowest BCUT2D eigenvalue weighted by Crippen LogP contribution is -2.55. The SMILES string of the molecule is C=C(CNC(C)C12CC3CC(CC(C3)C1)C2)C(=O)O. The van der Waals surface area contributed by atoms with E-state index in [0.717, 1.165) is 17.8 Å². The van der Waals surface area contributed by atoms with Gasteiger partial charge in [0.25, 0.3) is 0 Å². The van der Waals surface area contributed by atoms with Gasteiger partial charge in [0.1, 0.15) is 0 Å². The number of nitrogens with one attached hydrogen (secondary N) is 1. The van der Waals surface area contributed by atoms with Gasteiger partial charge in [-0.1, -0.05) is 6.58 Å². The summed E-state index contributed by atoms with van der Waals surface area (Å²) < 4.78 is 0. The van der Waals surface area contributed by atoms with Gasteiger partial charge in [0.05, 0.1) is 0 Å². The van der Waals surface area contributed by atoms with Crippen molar-refractivity contribution in [3.63, 3.8) is 0 Å². The average molecular weight is 263 g/mol. The number of carbonyl (C=O) groups is 1. The van der Waals surface area contributed by atoms with Crippen LogP contribution >= 0.6 is 0 Å². The molecule has 3 heteroatoms. The van der Waals surface area contributed by atoms with Gasteiger partial charge in [0.2, 0.25) is 0 Å². The number of carboxylic acid groups (broad SMARTS) is 1. The van der Waals surface area contributed by atoms with Crippen molar-refractivity contribution in [2.75, 3.05) is 6.54 Å². The van der Waals surface area contributed by atoms with Gasteiger partial charge in [0.15, 0.2) is 0 Å². The van der Waals surface area contributed by atoms with Crippen LogP contribution in [0.15, 0.2) is 12.2 Å². The molecular formula is C16H25NO2. The Labute approximate surface area is 115 Å². The highest BCUT2D eigenvalue weighted by atomic mass is 16.4. The van der Waals surface area contributed by atoms with Crippen molar-refractivity contribution in [3.8, 4) is 0 Å². The quantitative estimate of drug-likeness (QED) is 0.750. The summed E-state index contributed by atoms with van der Waals surface area (Å²) in [6, 6.07) is 0.414. The molecular weight excluding hydrogens is 238 g/mol. The highest BCUT2D eigenvalue weighted by molar-refractivity contribution is 5.86. The van der Waals surface area contributed by atoms with E-state index in [2.05, 4.69) is 18.8 Å². The van der Waals surface area contributed by atoms with Crippen LogP contribution < -0.4 is 5.32 Å². The molecule has 0 aromatic rings. The van der Waals surface area contributed by atoms with E-state index in [4.69, 9.17) is 5.11 Å². The summed E-state index contributed by atoms with van der Waals surface area (Å²) in [6.07, 6.45) is 8.42. The summed E-state index contributed by atoms with van der Waals surface area (Å²) >= 11 is 0. The summed E-state index contributed by atoms with van der Waals surface area (Å²) in [6.45, 7) is 6.28. The Morgan fingerprint density at radius 1 is 1.26 bits per heavy atom. The van der Waals surface area contributed by atoms with E-state index >= 15 is 0 Å². The maximum atomic E-state index is 10.8. The maximum Gasteiger partial charge on any atom is 0.332 e. The van der Waals surface area contributed by atoms with Crippen molar-refractivity contribution in [3.05, 3.63) is 12.2 Å². The van der Waals surface area contributed by atoms with E-state index in [9.17, 15) is 4.79 Å². The number of hydrogen-bond acceptors (Lipinski definition) is 2. The van der Waals surface area contributed by atoms with Gasteiger partial charge in [-0.05, 0) is 68.6 Å². The molecule has 0 heterocycles. The molecule has 0 radical (unpaired) electrons. The molecule has 4 fully saturated rings. The molecule has 2 N–H and O–H groups in total. The molecule has 0 spiro atoms. The van der Waals surface area contributed by atoms with Crippen molar-refractivity contribution >= 4 is 5.97 Å². The smallest absolute Gasteiger partial charge is 0.332 e. The third kappa shape index (κ3) is 2.33. The Balaban J connectivity index is 1.64. The zero-order valence-corrected chi connectivity index (χ0v) is 11.8. The van der Waals surface area contributed by atoms with E-state index in [-0.39, 0.29) is 5.57 Å². The van der Waals surface area contributed by atoms with Gasteiger partial charge >= 0.3 is 5.97 Å². The lowest BCUT2D eigenvalue weighted by atomic mass is 9.48. The summed E-state index contributed by atoms with van der Waals surface area (Å²) in [5.41, 5.74) is 0.713. The van der Waals surface area contributed by atoms with E-state index < -0.39 is 5.97 Å². The molecule has 19 heavy (non-hydrogen) atoms. The Kier molecular flexibility index (Phi) is 3.20. The van der Waals surface area contributed by atoms with E-state index in [0.29, 0.717) is 18.0 Å². The van der Waals surface area contributed by atoms with Crippen LogP contribution in [0, 0.1) is 23.2 Å². The zero-order chi connectivity index (χ0) is 13.6. The third-order valence-electron chi connectivity index (χ3n) is 5.93. The molecule has 1 atom stereocenters. The number of carboxylic acids is 1. The molecule has 106 valence electrons. The van der Waals surface area contributed by atoms with Gasteiger partial charge in [-0.25, -0.2) is 4.79 Å². The van der Waals surface area contributed by atoms with Crippen molar-refractivity contribution in [1.29, 1.82) is 0 Å². The fourth-order valence-electron chi connectivity index (χ4n) is 5.28. The lowest BCUT2D eigenvalue weighted by Gasteiger charge is -2.59. The van der Waals surface area contributed by atoms with Crippen molar-refractivity contribution in [2.45, 2.75) is 51.5 Å². The first kappa shape index (κ1) is 13.2. The summed E-state index contributed by atoms with van der Waals surface area (Å²) in [4.78, 5) is 10.8. The topological polar surface area (TPSA) is 49.3 Å². The Morgan fingerprint density at radius 2 is 1.74 bits per heavy atom. The van der Waals surface area contributed by atoms with E-state index in [1.54, 1.807) is 0 Å². The molecule has 0 aromatic carbocycles. The summed E-state index contributed by atoms with van der Waals surface area (Å²) in [7, 11) is 0. The molecule has 0 aliphatic heterocycles. The highest BCUT2D eigenvalue weighted by Gasteiger charge is 2.52. The minimum atomic E-state index is -0.884. The largest absolute Gasteiger partial charge is 0.478 e.